The maximum absolute atomic E-state index is 12.3. The SMILES string of the molecule is CSc1ccc(NS(=O)(=O)c2c(C)n[nH]c2C)cc1. The molecule has 7 heteroatoms. The van der Waals surface area contributed by atoms with Gasteiger partial charge in [-0.25, -0.2) is 8.42 Å². The summed E-state index contributed by atoms with van der Waals surface area (Å²) in [6.45, 7) is 3.35. The lowest BCUT2D eigenvalue weighted by Crippen LogP contribution is -2.14. The monoisotopic (exact) mass is 297 g/mol. The number of sulfonamides is 1. The minimum absolute atomic E-state index is 0.210. The highest BCUT2D eigenvalue weighted by molar-refractivity contribution is 7.98. The van der Waals surface area contributed by atoms with Gasteiger partial charge in [-0.2, -0.15) is 5.10 Å². The van der Waals surface area contributed by atoms with Gasteiger partial charge in [-0.15, -0.1) is 11.8 Å². The van der Waals surface area contributed by atoms with Crippen LogP contribution in [0.15, 0.2) is 34.1 Å². The number of nitrogens with zero attached hydrogens (tertiary/aromatic N) is 1. The molecule has 102 valence electrons. The summed E-state index contributed by atoms with van der Waals surface area (Å²) in [5.74, 6) is 0. The standard InChI is InChI=1S/C12H15N3O2S2/c1-8-12(9(2)14-13-8)19(16,17)15-10-4-6-11(18-3)7-5-10/h4-7,15H,1-3H3,(H,13,14). The number of hydrogen-bond acceptors (Lipinski definition) is 4. The lowest BCUT2D eigenvalue weighted by molar-refractivity contribution is 0.600. The van der Waals surface area contributed by atoms with Crippen LogP contribution in [0.4, 0.5) is 5.69 Å². The van der Waals surface area contributed by atoms with Crippen molar-refractivity contribution in [1.82, 2.24) is 10.2 Å². The molecule has 2 aromatic rings. The van der Waals surface area contributed by atoms with E-state index < -0.39 is 10.0 Å². The van der Waals surface area contributed by atoms with Crippen molar-refractivity contribution < 1.29 is 8.42 Å². The Morgan fingerprint density at radius 2 is 1.84 bits per heavy atom. The van der Waals surface area contributed by atoms with Crippen LogP contribution in [0.2, 0.25) is 0 Å². The smallest absolute Gasteiger partial charge is 0.265 e. The normalized spacial score (nSPS) is 11.5. The summed E-state index contributed by atoms with van der Waals surface area (Å²) >= 11 is 1.61. The highest BCUT2D eigenvalue weighted by atomic mass is 32.2. The molecule has 0 saturated carbocycles. The fraction of sp³-hybridized carbons (Fsp3) is 0.250. The molecule has 2 N–H and O–H groups in total. The number of rotatable bonds is 4. The average molecular weight is 297 g/mol. The summed E-state index contributed by atoms with van der Waals surface area (Å²) in [6.07, 6.45) is 1.97. The maximum Gasteiger partial charge on any atom is 0.265 e. The molecule has 0 aliphatic heterocycles. The second-order valence-electron chi connectivity index (χ2n) is 4.10. The van der Waals surface area contributed by atoms with Crippen molar-refractivity contribution in [2.24, 2.45) is 0 Å². The molecule has 0 amide bonds. The fourth-order valence-electron chi connectivity index (χ4n) is 1.80. The number of benzene rings is 1. The van der Waals surface area contributed by atoms with Gasteiger partial charge in [0.1, 0.15) is 4.90 Å². The van der Waals surface area contributed by atoms with Crippen LogP contribution >= 0.6 is 11.8 Å². The van der Waals surface area contributed by atoms with Gasteiger partial charge in [-0.1, -0.05) is 0 Å². The van der Waals surface area contributed by atoms with E-state index >= 15 is 0 Å². The Hall–Kier alpha value is -1.47. The molecule has 2 rings (SSSR count). The maximum atomic E-state index is 12.3. The summed E-state index contributed by atoms with van der Waals surface area (Å²) in [5.41, 5.74) is 1.54. The van der Waals surface area contributed by atoms with Crippen molar-refractivity contribution in [3.63, 3.8) is 0 Å². The minimum Gasteiger partial charge on any atom is -0.281 e. The van der Waals surface area contributed by atoms with Crippen molar-refractivity contribution in [2.75, 3.05) is 11.0 Å². The number of nitrogens with one attached hydrogen (secondary N) is 2. The van der Waals surface area contributed by atoms with Gasteiger partial charge in [0.15, 0.2) is 0 Å². The van der Waals surface area contributed by atoms with Crippen LogP contribution in [0.3, 0.4) is 0 Å². The third-order valence-electron chi connectivity index (χ3n) is 2.67. The summed E-state index contributed by atoms with van der Waals surface area (Å²) in [7, 11) is -3.60. The first-order valence-corrected chi connectivity index (χ1v) is 8.33. The van der Waals surface area contributed by atoms with Gasteiger partial charge in [0.05, 0.1) is 11.4 Å². The average Bonchev–Trinajstić information content (AvgIpc) is 2.70. The van der Waals surface area contributed by atoms with Gasteiger partial charge >= 0.3 is 0 Å². The Morgan fingerprint density at radius 1 is 1.21 bits per heavy atom. The zero-order valence-corrected chi connectivity index (χ0v) is 12.5. The van der Waals surface area contributed by atoms with Crippen LogP contribution in [0.5, 0.6) is 0 Å². The Labute approximate surface area is 116 Å². The number of H-pyrrole nitrogens is 1. The van der Waals surface area contributed by atoms with E-state index in [1.165, 1.54) is 0 Å². The van der Waals surface area contributed by atoms with E-state index in [4.69, 9.17) is 0 Å². The molecular formula is C12H15N3O2S2. The molecular weight excluding hydrogens is 282 g/mol. The van der Waals surface area contributed by atoms with Crippen LogP contribution in [0.1, 0.15) is 11.4 Å². The third-order valence-corrected chi connectivity index (χ3v) is 5.06. The van der Waals surface area contributed by atoms with E-state index in [9.17, 15) is 8.42 Å². The molecule has 1 aromatic heterocycles. The fourth-order valence-corrected chi connectivity index (χ4v) is 3.64. The molecule has 0 spiro atoms. The molecule has 0 radical (unpaired) electrons. The molecule has 1 aromatic carbocycles. The molecule has 0 bridgehead atoms. The predicted octanol–water partition coefficient (Wildman–Crippen LogP) is 2.55. The first-order chi connectivity index (χ1) is 8.94. The molecule has 0 atom stereocenters. The highest BCUT2D eigenvalue weighted by Crippen LogP contribution is 2.22. The van der Waals surface area contributed by atoms with Crippen molar-refractivity contribution in [2.45, 2.75) is 23.6 Å². The third kappa shape index (κ3) is 2.93. The first kappa shape index (κ1) is 14.0. The van der Waals surface area contributed by atoms with E-state index in [0.29, 0.717) is 17.1 Å². The Bertz CT molecular complexity index is 656. The van der Waals surface area contributed by atoms with Crippen LogP contribution < -0.4 is 4.72 Å². The van der Waals surface area contributed by atoms with Gasteiger partial charge in [-0.05, 0) is 44.4 Å². The second kappa shape index (κ2) is 5.26. The zero-order valence-electron chi connectivity index (χ0n) is 10.9. The number of anilines is 1. The van der Waals surface area contributed by atoms with Crippen LogP contribution in [-0.2, 0) is 10.0 Å². The first-order valence-electron chi connectivity index (χ1n) is 5.62. The van der Waals surface area contributed by atoms with Crippen LogP contribution in [-0.4, -0.2) is 24.9 Å². The zero-order chi connectivity index (χ0) is 14.0. The molecule has 0 unspecified atom stereocenters. The van der Waals surface area contributed by atoms with Gasteiger partial charge < -0.3 is 0 Å². The lowest BCUT2D eigenvalue weighted by Gasteiger charge is -2.08. The summed E-state index contributed by atoms with van der Waals surface area (Å²) in [6, 6.07) is 7.23. The van der Waals surface area contributed by atoms with E-state index in [1.807, 2.05) is 18.4 Å². The number of hydrogen-bond donors (Lipinski definition) is 2. The summed E-state index contributed by atoms with van der Waals surface area (Å²) < 4.78 is 27.1. The number of aryl methyl sites for hydroxylation is 2. The Morgan fingerprint density at radius 3 is 2.32 bits per heavy atom. The number of aromatic nitrogens is 2. The molecule has 0 fully saturated rings. The quantitative estimate of drug-likeness (QED) is 0.850. The van der Waals surface area contributed by atoms with E-state index in [-0.39, 0.29) is 4.90 Å². The van der Waals surface area contributed by atoms with Gasteiger partial charge in [0.2, 0.25) is 0 Å². The number of thioether (sulfide) groups is 1. The van der Waals surface area contributed by atoms with E-state index in [2.05, 4.69) is 14.9 Å². The minimum atomic E-state index is -3.60. The molecule has 0 aliphatic carbocycles. The lowest BCUT2D eigenvalue weighted by atomic mass is 10.3. The predicted molar refractivity (Wildman–Crippen MR) is 77.1 cm³/mol. The number of aromatic amines is 1. The Balaban J connectivity index is 2.31. The van der Waals surface area contributed by atoms with Gasteiger partial charge in [0, 0.05) is 10.6 Å². The largest absolute Gasteiger partial charge is 0.281 e. The molecule has 19 heavy (non-hydrogen) atoms. The van der Waals surface area contributed by atoms with E-state index in [0.717, 1.165) is 4.90 Å². The summed E-state index contributed by atoms with van der Waals surface area (Å²) in [5, 5.41) is 6.58. The molecule has 5 nitrogen and oxygen atoms in total. The Kier molecular flexibility index (Phi) is 3.86. The van der Waals surface area contributed by atoms with Gasteiger partial charge in [-0.3, -0.25) is 9.82 Å². The molecule has 0 saturated heterocycles. The molecule has 0 aliphatic rings. The highest BCUT2D eigenvalue weighted by Gasteiger charge is 2.22. The van der Waals surface area contributed by atoms with Crippen LogP contribution in [0, 0.1) is 13.8 Å². The topological polar surface area (TPSA) is 74.8 Å². The second-order valence-corrected chi connectivity index (χ2v) is 6.60. The van der Waals surface area contributed by atoms with Crippen molar-refractivity contribution in [3.8, 4) is 0 Å². The van der Waals surface area contributed by atoms with Crippen molar-refractivity contribution >= 4 is 27.5 Å². The van der Waals surface area contributed by atoms with Gasteiger partial charge in [0.25, 0.3) is 10.0 Å². The molecule has 1 heterocycles. The van der Waals surface area contributed by atoms with Crippen LogP contribution in [0.25, 0.3) is 0 Å². The van der Waals surface area contributed by atoms with Crippen molar-refractivity contribution in [3.05, 3.63) is 35.7 Å². The van der Waals surface area contributed by atoms with Crippen molar-refractivity contribution in [1.29, 1.82) is 0 Å². The summed E-state index contributed by atoms with van der Waals surface area (Å²) in [4.78, 5) is 1.29. The van der Waals surface area contributed by atoms with E-state index in [1.54, 1.807) is 37.7 Å².